The Hall–Kier alpha value is -2.55. The maximum atomic E-state index is 13.5. The van der Waals surface area contributed by atoms with Crippen LogP contribution in [0.4, 0.5) is 0 Å². The smallest absolute Gasteiger partial charge is 0.456 e. The molecule has 0 fully saturated rings. The van der Waals surface area contributed by atoms with Gasteiger partial charge < -0.3 is 19.4 Å². The van der Waals surface area contributed by atoms with Crippen LogP contribution in [0.2, 0.25) is 0 Å². The van der Waals surface area contributed by atoms with E-state index >= 15 is 0 Å². The number of likely N-dealkylation sites (N-methyl/N-ethyl adjacent to an activating group) is 1. The second-order valence-corrected chi connectivity index (χ2v) is 21.2. The zero-order valence-electron chi connectivity index (χ0n) is 44.8. The van der Waals surface area contributed by atoms with E-state index < -0.39 is 20.0 Å². The van der Waals surface area contributed by atoms with Crippen LogP contribution in [0.1, 0.15) is 233 Å². The maximum Gasteiger partial charge on any atom is 0.472 e. The van der Waals surface area contributed by atoms with Crippen molar-refractivity contribution in [2.75, 3.05) is 40.9 Å². The van der Waals surface area contributed by atoms with E-state index in [0.717, 1.165) is 89.9 Å². The summed E-state index contributed by atoms with van der Waals surface area (Å²) in [4.78, 5) is 37.5. The highest BCUT2D eigenvalue weighted by Crippen LogP contribution is 2.43. The molecule has 1 amide bonds. The molecule has 0 bridgehead atoms. The Morgan fingerprint density at radius 1 is 0.529 bits per heavy atom. The van der Waals surface area contributed by atoms with Gasteiger partial charge in [0.15, 0.2) is 0 Å². The number of phosphoric ester groups is 1. The molecule has 3 unspecified atom stereocenters. The third-order valence-corrected chi connectivity index (χ3v) is 12.9. The van der Waals surface area contributed by atoms with Gasteiger partial charge in [0.05, 0.1) is 33.8 Å². The molecule has 0 rings (SSSR count). The van der Waals surface area contributed by atoms with Gasteiger partial charge in [-0.25, -0.2) is 4.57 Å². The van der Waals surface area contributed by atoms with E-state index in [-0.39, 0.29) is 37.9 Å². The summed E-state index contributed by atoms with van der Waals surface area (Å²) in [5.41, 5.74) is 0. The zero-order valence-corrected chi connectivity index (χ0v) is 45.7. The van der Waals surface area contributed by atoms with E-state index in [0.29, 0.717) is 23.9 Å². The van der Waals surface area contributed by atoms with E-state index in [1.165, 1.54) is 96.3 Å². The summed E-state index contributed by atoms with van der Waals surface area (Å²) in [7, 11) is 1.46. The van der Waals surface area contributed by atoms with E-state index in [1.54, 1.807) is 0 Å². The minimum Gasteiger partial charge on any atom is -0.456 e. The number of rotatable bonds is 49. The predicted molar refractivity (Wildman–Crippen MR) is 291 cm³/mol. The van der Waals surface area contributed by atoms with Crippen molar-refractivity contribution in [2.45, 2.75) is 245 Å². The molecule has 0 saturated carbocycles. The van der Waals surface area contributed by atoms with Gasteiger partial charge in [0.25, 0.3) is 0 Å². The molecule has 0 aromatic heterocycles. The van der Waals surface area contributed by atoms with Crippen molar-refractivity contribution in [3.8, 4) is 0 Å². The van der Waals surface area contributed by atoms with E-state index in [9.17, 15) is 19.0 Å². The lowest BCUT2D eigenvalue weighted by Crippen LogP contribution is -2.47. The molecular formula is C58H106N2O7P+. The normalized spacial score (nSPS) is 14.4. The summed E-state index contributed by atoms with van der Waals surface area (Å²) in [6.45, 7) is 6.84. The van der Waals surface area contributed by atoms with Gasteiger partial charge in [-0.1, -0.05) is 197 Å². The van der Waals surface area contributed by atoms with Crippen LogP contribution in [0, 0.1) is 0 Å². The van der Waals surface area contributed by atoms with Crippen LogP contribution in [0.25, 0.3) is 0 Å². The summed E-state index contributed by atoms with van der Waals surface area (Å²) in [6, 6.07) is -0.872. The molecule has 0 radical (unpaired) electrons. The Bertz CT molecular complexity index is 1400. The van der Waals surface area contributed by atoms with Gasteiger partial charge in [0.2, 0.25) is 5.91 Å². The van der Waals surface area contributed by atoms with Crippen molar-refractivity contribution in [3.63, 3.8) is 0 Å². The predicted octanol–water partition coefficient (Wildman–Crippen LogP) is 16.5. The number of esters is 1. The van der Waals surface area contributed by atoms with Crippen LogP contribution in [-0.2, 0) is 27.9 Å². The molecule has 0 aliphatic carbocycles. The second kappa shape index (κ2) is 48.1. The van der Waals surface area contributed by atoms with Crippen molar-refractivity contribution in [3.05, 3.63) is 72.9 Å². The van der Waals surface area contributed by atoms with Gasteiger partial charge in [-0.05, 0) is 96.0 Å². The maximum absolute atomic E-state index is 13.5. The van der Waals surface area contributed by atoms with Crippen molar-refractivity contribution in [1.29, 1.82) is 0 Å². The average molecular weight is 974 g/mol. The van der Waals surface area contributed by atoms with Crippen LogP contribution in [0.15, 0.2) is 72.9 Å². The minimum atomic E-state index is -4.46. The quantitative estimate of drug-likeness (QED) is 0.0205. The summed E-state index contributed by atoms with van der Waals surface area (Å²) >= 11 is 0. The van der Waals surface area contributed by atoms with Crippen molar-refractivity contribution in [2.24, 2.45) is 0 Å². The van der Waals surface area contributed by atoms with Gasteiger partial charge in [-0.3, -0.25) is 18.6 Å². The highest BCUT2D eigenvalue weighted by atomic mass is 31.2. The third-order valence-electron chi connectivity index (χ3n) is 11.9. The number of nitrogens with one attached hydrogen (secondary N) is 1. The minimum absolute atomic E-state index is 0.0291. The number of hydrogen-bond donors (Lipinski definition) is 2. The molecule has 3 atom stereocenters. The molecule has 2 N–H and O–H groups in total. The number of phosphoric acid groups is 1. The molecule has 0 aliphatic heterocycles. The number of quaternary nitrogens is 1. The van der Waals surface area contributed by atoms with Gasteiger partial charge >= 0.3 is 13.8 Å². The van der Waals surface area contributed by atoms with Crippen molar-refractivity contribution < 1.29 is 37.3 Å². The molecule has 68 heavy (non-hydrogen) atoms. The third kappa shape index (κ3) is 48.5. The van der Waals surface area contributed by atoms with Crippen molar-refractivity contribution >= 4 is 19.7 Å². The Morgan fingerprint density at radius 3 is 1.43 bits per heavy atom. The SMILES string of the molecule is CC/C=C/C/C=C/C/C=C/C/C=C/CCCCCC(=O)NC(COP(=O)(O)OCC[N+](C)(C)C)C(/C=C/CCCCCCCCCCCC)OC(=O)CCCCC/C=C\CCCCCCCCC. The molecule has 0 heterocycles. The lowest BCUT2D eigenvalue weighted by atomic mass is 10.1. The van der Waals surface area contributed by atoms with Crippen LogP contribution in [0.3, 0.4) is 0 Å². The largest absolute Gasteiger partial charge is 0.472 e. The van der Waals surface area contributed by atoms with E-state index in [1.807, 2.05) is 33.3 Å². The number of nitrogens with zero attached hydrogens (tertiary/aromatic N) is 1. The second-order valence-electron chi connectivity index (χ2n) is 19.7. The topological polar surface area (TPSA) is 111 Å². The lowest BCUT2D eigenvalue weighted by Gasteiger charge is -2.27. The molecule has 0 aromatic carbocycles. The van der Waals surface area contributed by atoms with E-state index in [4.69, 9.17) is 13.8 Å². The number of carbonyl (C=O) groups is 2. The summed E-state index contributed by atoms with van der Waals surface area (Å²) in [6.07, 6.45) is 60.4. The first-order chi connectivity index (χ1) is 32.9. The number of hydrogen-bond acceptors (Lipinski definition) is 6. The lowest BCUT2D eigenvalue weighted by molar-refractivity contribution is -0.870. The highest BCUT2D eigenvalue weighted by molar-refractivity contribution is 7.47. The van der Waals surface area contributed by atoms with Gasteiger partial charge in [-0.15, -0.1) is 0 Å². The Labute approximate surface area is 419 Å². The first-order valence-corrected chi connectivity index (χ1v) is 29.3. The Morgan fingerprint density at radius 2 is 0.941 bits per heavy atom. The Kier molecular flexibility index (Phi) is 46.3. The molecule has 0 aromatic rings. The summed E-state index contributed by atoms with van der Waals surface area (Å²) in [5, 5.41) is 3.02. The molecule has 0 saturated heterocycles. The summed E-state index contributed by atoms with van der Waals surface area (Å²) < 4.78 is 30.5. The number of amides is 1. The fourth-order valence-corrected chi connectivity index (χ4v) is 8.31. The molecule has 0 spiro atoms. The van der Waals surface area contributed by atoms with E-state index in [2.05, 4.69) is 86.8 Å². The van der Waals surface area contributed by atoms with Crippen LogP contribution >= 0.6 is 7.82 Å². The number of unbranched alkanes of at least 4 members (excludes halogenated alkanes) is 23. The summed E-state index contributed by atoms with van der Waals surface area (Å²) in [5.74, 6) is -0.563. The molecule has 9 nitrogen and oxygen atoms in total. The van der Waals surface area contributed by atoms with Crippen LogP contribution in [-0.4, -0.2) is 74.3 Å². The number of carbonyl (C=O) groups excluding carboxylic acids is 2. The standard InChI is InChI=1S/C58H105N2O7P/c1-7-10-13-16-19-22-25-28-30-31-32-35-38-41-44-47-50-57(61)59-55(54-66-68(63,64)65-53-52-60(4,5)6)56(49-46-43-40-37-34-27-24-21-18-15-12-9-3)67-58(62)51-48-45-42-39-36-33-29-26-23-20-17-14-11-8-2/h10,13,19,22,28,30,32-33,35-36,46,49,55-56H,7-9,11-12,14-18,20-21,23-27,29,31,34,37-45,47-48,50-54H2,1-6H3,(H-,59,61,63,64)/p+1/b13-10+,22-19+,30-28+,35-32+,36-33-,49-46+. The first kappa shape index (κ1) is 65.5. The molecule has 0 aliphatic rings. The van der Waals surface area contributed by atoms with Crippen LogP contribution < -0.4 is 5.32 Å². The Balaban J connectivity index is 5.47. The average Bonchev–Trinajstić information content (AvgIpc) is 3.29. The first-order valence-electron chi connectivity index (χ1n) is 27.8. The van der Waals surface area contributed by atoms with Crippen LogP contribution in [0.5, 0.6) is 0 Å². The van der Waals surface area contributed by atoms with Gasteiger partial charge in [0.1, 0.15) is 19.3 Å². The fraction of sp³-hybridized carbons (Fsp3) is 0.759. The monoisotopic (exact) mass is 974 g/mol. The van der Waals surface area contributed by atoms with Gasteiger partial charge in [-0.2, -0.15) is 0 Å². The van der Waals surface area contributed by atoms with Gasteiger partial charge in [0, 0.05) is 12.8 Å². The zero-order chi connectivity index (χ0) is 50.1. The fourth-order valence-electron chi connectivity index (χ4n) is 7.57. The molecule has 394 valence electrons. The molecule has 10 heteroatoms. The number of ether oxygens (including phenoxy) is 1. The molecular weight excluding hydrogens is 868 g/mol. The van der Waals surface area contributed by atoms with Crippen molar-refractivity contribution in [1.82, 2.24) is 5.32 Å². The number of allylic oxidation sites excluding steroid dienone is 11. The highest BCUT2D eigenvalue weighted by Gasteiger charge is 2.30.